The Labute approximate surface area is 184 Å². The second-order valence-electron chi connectivity index (χ2n) is 7.74. The van der Waals surface area contributed by atoms with Gasteiger partial charge in [0, 0.05) is 22.2 Å². The van der Waals surface area contributed by atoms with Crippen molar-refractivity contribution in [2.24, 2.45) is 0 Å². The minimum atomic E-state index is -0.547. The first kappa shape index (κ1) is 20.5. The fraction of sp³-hybridized carbons (Fsp3) is 0.348. The monoisotopic (exact) mass is 440 g/mol. The van der Waals surface area contributed by atoms with Gasteiger partial charge in [0.2, 0.25) is 5.75 Å². The van der Waals surface area contributed by atoms with Crippen LogP contribution >= 0.6 is 0 Å². The zero-order valence-electron chi connectivity index (χ0n) is 17.7. The van der Waals surface area contributed by atoms with E-state index in [0.717, 1.165) is 22.2 Å². The van der Waals surface area contributed by atoms with Crippen LogP contribution < -0.4 is 9.47 Å². The third-order valence-corrected chi connectivity index (χ3v) is 6.11. The molecule has 3 N–H and O–H groups in total. The van der Waals surface area contributed by atoms with Crippen LogP contribution in [-0.2, 0) is 9.47 Å². The fourth-order valence-electron chi connectivity index (χ4n) is 4.79. The molecule has 32 heavy (non-hydrogen) atoms. The predicted molar refractivity (Wildman–Crippen MR) is 114 cm³/mol. The number of aromatic amines is 1. The number of hydrogen-bond donors (Lipinski definition) is 3. The Morgan fingerprint density at radius 1 is 1.19 bits per heavy atom. The van der Waals surface area contributed by atoms with Gasteiger partial charge in [0.1, 0.15) is 24.8 Å². The topological polar surface area (TPSA) is 113 Å². The van der Waals surface area contributed by atoms with Crippen LogP contribution in [-0.4, -0.2) is 66.3 Å². The Bertz CT molecular complexity index is 1150. The molecule has 9 nitrogen and oxygen atoms in total. The minimum absolute atomic E-state index is 0.115. The van der Waals surface area contributed by atoms with Gasteiger partial charge in [0.05, 0.1) is 27.4 Å². The van der Waals surface area contributed by atoms with Gasteiger partial charge < -0.3 is 34.1 Å². The third-order valence-electron chi connectivity index (χ3n) is 6.11. The van der Waals surface area contributed by atoms with Gasteiger partial charge in [-0.3, -0.25) is 4.90 Å². The van der Waals surface area contributed by atoms with Crippen LogP contribution in [0.4, 0.5) is 4.79 Å². The van der Waals surface area contributed by atoms with Crippen molar-refractivity contribution in [3.63, 3.8) is 0 Å². The van der Waals surface area contributed by atoms with Crippen LogP contribution in [0.3, 0.4) is 0 Å². The molecular formula is C23H24N2O7. The van der Waals surface area contributed by atoms with Crippen molar-refractivity contribution < 1.29 is 34.0 Å². The van der Waals surface area contributed by atoms with Crippen molar-refractivity contribution in [1.29, 1.82) is 0 Å². The Balaban J connectivity index is 1.77. The number of carbonyl (C=O) groups is 1. The summed E-state index contributed by atoms with van der Waals surface area (Å²) in [6, 6.07) is 10.3. The van der Waals surface area contributed by atoms with Gasteiger partial charge in [-0.05, 0) is 23.8 Å². The van der Waals surface area contributed by atoms with E-state index >= 15 is 0 Å². The Morgan fingerprint density at radius 2 is 1.91 bits per heavy atom. The normalized spacial score (nSPS) is 21.9. The zero-order valence-corrected chi connectivity index (χ0v) is 17.7. The standard InChI is InChI=1S/C23H24N2O7/c1-29-16-9-12(10-17(30-2)21(16)27)20-19-18(13-5-3-4-6-14(13)24-19)22(31-8-7-26)15-11-32-23(28)25(15)20/h3-6,9-10,15,20,22,24,26-27H,7-8,11H2,1-2H3/t15-,20-,22+/m1/s1. The summed E-state index contributed by atoms with van der Waals surface area (Å²) in [5.74, 6) is 0.357. The number of aliphatic hydroxyl groups excluding tert-OH is 1. The van der Waals surface area contributed by atoms with E-state index in [1.54, 1.807) is 17.0 Å². The summed E-state index contributed by atoms with van der Waals surface area (Å²) in [4.78, 5) is 18.0. The third kappa shape index (κ3) is 2.96. The van der Waals surface area contributed by atoms with Crippen LogP contribution in [0.25, 0.3) is 10.9 Å². The number of rotatable bonds is 6. The highest BCUT2D eigenvalue weighted by atomic mass is 16.6. The van der Waals surface area contributed by atoms with Crippen LogP contribution in [0.5, 0.6) is 17.2 Å². The molecule has 2 aliphatic heterocycles. The number of para-hydroxylation sites is 1. The first-order chi connectivity index (χ1) is 15.6. The van der Waals surface area contributed by atoms with E-state index in [0.29, 0.717) is 5.56 Å². The average Bonchev–Trinajstić information content (AvgIpc) is 3.38. The summed E-state index contributed by atoms with van der Waals surface area (Å²) >= 11 is 0. The van der Waals surface area contributed by atoms with Crippen molar-refractivity contribution in [1.82, 2.24) is 9.88 Å². The number of phenols is 1. The number of H-pyrrole nitrogens is 1. The molecule has 0 radical (unpaired) electrons. The molecule has 0 saturated carbocycles. The average molecular weight is 440 g/mol. The molecule has 9 heteroatoms. The number of aliphatic hydroxyl groups is 1. The number of carbonyl (C=O) groups excluding carboxylic acids is 1. The fourth-order valence-corrected chi connectivity index (χ4v) is 4.79. The number of amides is 1. The molecule has 2 aromatic carbocycles. The van der Waals surface area contributed by atoms with Gasteiger partial charge >= 0.3 is 6.09 Å². The number of aromatic hydroxyl groups is 1. The Kier molecular flexibility index (Phi) is 5.07. The predicted octanol–water partition coefficient (Wildman–Crippen LogP) is 2.86. The lowest BCUT2D eigenvalue weighted by molar-refractivity contribution is -0.0247. The molecule has 1 fully saturated rings. The Hall–Kier alpha value is -3.43. The summed E-state index contributed by atoms with van der Waals surface area (Å²) in [5, 5.41) is 20.7. The van der Waals surface area contributed by atoms with E-state index in [9.17, 15) is 15.0 Å². The summed E-state index contributed by atoms with van der Waals surface area (Å²) < 4.78 is 22.2. The van der Waals surface area contributed by atoms with E-state index in [4.69, 9.17) is 18.9 Å². The van der Waals surface area contributed by atoms with Crippen molar-refractivity contribution in [2.75, 3.05) is 34.0 Å². The van der Waals surface area contributed by atoms with Crippen molar-refractivity contribution in [3.8, 4) is 17.2 Å². The first-order valence-electron chi connectivity index (χ1n) is 10.3. The molecule has 3 aromatic rings. The van der Waals surface area contributed by atoms with E-state index in [-0.39, 0.29) is 37.1 Å². The summed E-state index contributed by atoms with van der Waals surface area (Å²) in [6.45, 7) is 0.163. The molecule has 0 unspecified atom stereocenters. The second-order valence-corrected chi connectivity index (χ2v) is 7.74. The van der Waals surface area contributed by atoms with Gasteiger partial charge in [-0.15, -0.1) is 0 Å². The lowest BCUT2D eigenvalue weighted by Crippen LogP contribution is -2.46. The number of nitrogens with zero attached hydrogens (tertiary/aromatic N) is 1. The number of benzene rings is 2. The number of phenolic OH excluding ortho intramolecular Hbond substituents is 1. The lowest BCUT2D eigenvalue weighted by Gasteiger charge is -2.40. The van der Waals surface area contributed by atoms with Crippen LogP contribution in [0.2, 0.25) is 0 Å². The Morgan fingerprint density at radius 3 is 2.59 bits per heavy atom. The number of cyclic esters (lactones) is 1. The lowest BCUT2D eigenvalue weighted by atomic mass is 9.86. The number of fused-ring (bicyclic) bond motifs is 4. The number of hydrogen-bond acceptors (Lipinski definition) is 7. The van der Waals surface area contributed by atoms with Gasteiger partial charge in [-0.1, -0.05) is 18.2 Å². The minimum Gasteiger partial charge on any atom is -0.502 e. The van der Waals surface area contributed by atoms with Gasteiger partial charge in [-0.25, -0.2) is 4.79 Å². The maximum atomic E-state index is 12.9. The maximum Gasteiger partial charge on any atom is 0.411 e. The van der Waals surface area contributed by atoms with E-state index in [1.165, 1.54) is 14.2 Å². The highest BCUT2D eigenvalue weighted by Gasteiger charge is 2.51. The van der Waals surface area contributed by atoms with E-state index in [1.807, 2.05) is 24.3 Å². The highest BCUT2D eigenvalue weighted by molar-refractivity contribution is 5.87. The molecule has 5 rings (SSSR count). The quantitative estimate of drug-likeness (QED) is 0.540. The van der Waals surface area contributed by atoms with Crippen LogP contribution in [0, 0.1) is 0 Å². The molecule has 2 aliphatic rings. The van der Waals surface area contributed by atoms with Crippen LogP contribution in [0.1, 0.15) is 29.0 Å². The van der Waals surface area contributed by atoms with Crippen molar-refractivity contribution in [2.45, 2.75) is 18.2 Å². The van der Waals surface area contributed by atoms with Crippen molar-refractivity contribution in [3.05, 3.63) is 53.2 Å². The molecule has 168 valence electrons. The molecule has 3 atom stereocenters. The van der Waals surface area contributed by atoms with E-state index in [2.05, 4.69) is 4.98 Å². The number of aromatic nitrogens is 1. The molecule has 3 heterocycles. The number of nitrogens with one attached hydrogen (secondary N) is 1. The zero-order chi connectivity index (χ0) is 22.4. The molecular weight excluding hydrogens is 416 g/mol. The van der Waals surface area contributed by atoms with Gasteiger partial charge in [0.15, 0.2) is 11.5 Å². The number of ether oxygens (including phenoxy) is 4. The largest absolute Gasteiger partial charge is 0.502 e. The molecule has 1 saturated heterocycles. The maximum absolute atomic E-state index is 12.9. The summed E-state index contributed by atoms with van der Waals surface area (Å²) in [6.07, 6.45) is -0.940. The SMILES string of the molecule is COc1cc([C@@H]2c3[nH]c4ccccc4c3[C@@H](OCCO)[C@H]3COC(=O)N23)cc(OC)c1O. The summed E-state index contributed by atoms with van der Waals surface area (Å²) in [7, 11) is 2.92. The number of methoxy groups -OCH3 is 2. The first-order valence-corrected chi connectivity index (χ1v) is 10.3. The smallest absolute Gasteiger partial charge is 0.411 e. The van der Waals surface area contributed by atoms with Crippen molar-refractivity contribution >= 4 is 17.0 Å². The molecule has 0 bridgehead atoms. The van der Waals surface area contributed by atoms with Crippen LogP contribution in [0.15, 0.2) is 36.4 Å². The highest BCUT2D eigenvalue weighted by Crippen LogP contribution is 2.50. The molecule has 0 aliphatic carbocycles. The van der Waals surface area contributed by atoms with Gasteiger partial charge in [-0.2, -0.15) is 0 Å². The second kappa shape index (κ2) is 7.92. The van der Waals surface area contributed by atoms with Gasteiger partial charge in [0.25, 0.3) is 0 Å². The van der Waals surface area contributed by atoms with E-state index < -0.39 is 24.3 Å². The molecule has 1 aromatic heterocycles. The summed E-state index contributed by atoms with van der Waals surface area (Å²) in [5.41, 5.74) is 3.30. The molecule has 1 amide bonds. The molecule has 0 spiro atoms.